The molecular formula is C19H15N3OS. The van der Waals surface area contributed by atoms with Crippen LogP contribution in [0.2, 0.25) is 0 Å². The number of nitrogens with zero attached hydrogens (tertiary/aromatic N) is 2. The molecule has 0 radical (unpaired) electrons. The van der Waals surface area contributed by atoms with E-state index >= 15 is 0 Å². The molecule has 1 N–H and O–H groups in total. The fourth-order valence-corrected chi connectivity index (χ4v) is 3.16. The second-order valence-electron chi connectivity index (χ2n) is 5.51. The van der Waals surface area contributed by atoms with Crippen LogP contribution in [-0.2, 0) is 4.79 Å². The lowest BCUT2D eigenvalue weighted by Gasteiger charge is -2.02. The summed E-state index contributed by atoms with van der Waals surface area (Å²) in [5.41, 5.74) is 4.57. The van der Waals surface area contributed by atoms with Gasteiger partial charge in [-0.05, 0) is 61.0 Å². The zero-order valence-electron chi connectivity index (χ0n) is 13.3. The average molecular weight is 333 g/mol. The molecule has 118 valence electrons. The van der Waals surface area contributed by atoms with E-state index in [1.54, 1.807) is 18.2 Å². The first-order valence-electron chi connectivity index (χ1n) is 7.42. The van der Waals surface area contributed by atoms with E-state index in [2.05, 4.69) is 22.4 Å². The molecule has 1 aliphatic heterocycles. The third-order valence-corrected chi connectivity index (χ3v) is 4.47. The van der Waals surface area contributed by atoms with Gasteiger partial charge in [0.15, 0.2) is 5.17 Å². The Morgan fingerprint density at radius 1 is 1.17 bits per heavy atom. The average Bonchev–Trinajstić information content (AvgIpc) is 2.90. The second kappa shape index (κ2) is 6.73. The maximum Gasteiger partial charge on any atom is 0.264 e. The van der Waals surface area contributed by atoms with Crippen LogP contribution in [0.1, 0.15) is 22.3 Å². The molecule has 1 fully saturated rings. The monoisotopic (exact) mass is 333 g/mol. The fraction of sp³-hybridized carbons (Fsp3) is 0.105. The van der Waals surface area contributed by atoms with Crippen molar-refractivity contribution in [1.29, 1.82) is 5.26 Å². The lowest BCUT2D eigenvalue weighted by Crippen LogP contribution is -2.19. The highest BCUT2D eigenvalue weighted by Crippen LogP contribution is 2.29. The first-order chi connectivity index (χ1) is 11.5. The van der Waals surface area contributed by atoms with Gasteiger partial charge in [-0.2, -0.15) is 5.26 Å². The summed E-state index contributed by atoms with van der Waals surface area (Å²) < 4.78 is 0. The number of aryl methyl sites for hydroxylation is 2. The highest BCUT2D eigenvalue weighted by Gasteiger charge is 2.23. The zero-order chi connectivity index (χ0) is 17.1. The molecule has 1 saturated heterocycles. The zero-order valence-corrected chi connectivity index (χ0v) is 14.1. The molecular weight excluding hydrogens is 318 g/mol. The van der Waals surface area contributed by atoms with Crippen LogP contribution >= 0.6 is 11.8 Å². The Labute approximate surface area is 144 Å². The molecule has 1 amide bonds. The van der Waals surface area contributed by atoms with Crippen LogP contribution in [-0.4, -0.2) is 11.1 Å². The molecule has 0 aromatic heterocycles. The van der Waals surface area contributed by atoms with Crippen LogP contribution in [0.5, 0.6) is 0 Å². The number of carbonyl (C=O) groups excluding carboxylic acids is 1. The van der Waals surface area contributed by atoms with Crippen molar-refractivity contribution in [2.75, 3.05) is 0 Å². The summed E-state index contributed by atoms with van der Waals surface area (Å²) in [4.78, 5) is 17.2. The number of benzene rings is 2. The van der Waals surface area contributed by atoms with Gasteiger partial charge in [0.25, 0.3) is 5.91 Å². The van der Waals surface area contributed by atoms with Crippen LogP contribution in [0.15, 0.2) is 52.4 Å². The molecule has 1 heterocycles. The summed E-state index contributed by atoms with van der Waals surface area (Å²) in [5.74, 6) is -0.159. The molecule has 0 unspecified atom stereocenters. The van der Waals surface area contributed by atoms with Crippen molar-refractivity contribution in [1.82, 2.24) is 5.32 Å². The topological polar surface area (TPSA) is 65.2 Å². The third-order valence-electron chi connectivity index (χ3n) is 3.56. The Hall–Kier alpha value is -2.84. The van der Waals surface area contributed by atoms with Crippen molar-refractivity contribution in [3.05, 3.63) is 69.6 Å². The van der Waals surface area contributed by atoms with E-state index < -0.39 is 0 Å². The molecule has 3 rings (SSSR count). The molecule has 0 bridgehead atoms. The predicted octanol–water partition coefficient (Wildman–Crippen LogP) is 4.07. The molecule has 0 saturated carbocycles. The Kier molecular flexibility index (Phi) is 4.50. The van der Waals surface area contributed by atoms with Gasteiger partial charge in [0.2, 0.25) is 0 Å². The number of amides is 1. The standard InChI is InChI=1S/C19H15N3OS/c1-12-3-8-16(13(2)9-12)21-19-22-18(23)17(24-19)10-14-4-6-15(11-20)7-5-14/h3-10H,1-2H3,(H,21,22,23)/b17-10-. The summed E-state index contributed by atoms with van der Waals surface area (Å²) in [6, 6.07) is 15.2. The van der Waals surface area contributed by atoms with Crippen molar-refractivity contribution in [2.24, 2.45) is 4.99 Å². The highest BCUT2D eigenvalue weighted by atomic mass is 32.2. The SMILES string of the molecule is Cc1ccc(N=C2NC(=O)/C(=C/c3ccc(C#N)cc3)S2)c(C)c1. The summed E-state index contributed by atoms with van der Waals surface area (Å²) in [6.45, 7) is 4.04. The number of nitriles is 1. The molecule has 0 aliphatic carbocycles. The maximum absolute atomic E-state index is 12.1. The predicted molar refractivity (Wildman–Crippen MR) is 97.9 cm³/mol. The molecule has 0 spiro atoms. The molecule has 24 heavy (non-hydrogen) atoms. The molecule has 0 atom stereocenters. The molecule has 5 heteroatoms. The Morgan fingerprint density at radius 2 is 1.92 bits per heavy atom. The van der Waals surface area contributed by atoms with Gasteiger partial charge in [-0.3, -0.25) is 4.79 Å². The molecule has 2 aromatic rings. The van der Waals surface area contributed by atoms with Gasteiger partial charge in [-0.25, -0.2) is 4.99 Å². The van der Waals surface area contributed by atoms with Gasteiger partial charge in [0.1, 0.15) is 0 Å². The van der Waals surface area contributed by atoms with E-state index in [-0.39, 0.29) is 5.91 Å². The second-order valence-corrected chi connectivity index (χ2v) is 6.54. The summed E-state index contributed by atoms with van der Waals surface area (Å²) in [5, 5.41) is 12.2. The normalized spacial score (nSPS) is 17.1. The lowest BCUT2D eigenvalue weighted by molar-refractivity contribution is -0.115. The lowest BCUT2D eigenvalue weighted by atomic mass is 10.1. The van der Waals surface area contributed by atoms with Crippen molar-refractivity contribution in [2.45, 2.75) is 13.8 Å². The minimum Gasteiger partial charge on any atom is -0.300 e. The Bertz CT molecular complexity index is 905. The number of hydrogen-bond acceptors (Lipinski definition) is 4. The van der Waals surface area contributed by atoms with E-state index in [1.165, 1.54) is 17.3 Å². The Morgan fingerprint density at radius 3 is 2.58 bits per heavy atom. The van der Waals surface area contributed by atoms with Crippen LogP contribution in [0.4, 0.5) is 5.69 Å². The number of amidine groups is 1. The van der Waals surface area contributed by atoms with Gasteiger partial charge >= 0.3 is 0 Å². The summed E-state index contributed by atoms with van der Waals surface area (Å²) in [7, 11) is 0. The quantitative estimate of drug-likeness (QED) is 0.843. The number of carbonyl (C=O) groups is 1. The van der Waals surface area contributed by atoms with Crippen LogP contribution in [0.25, 0.3) is 6.08 Å². The number of hydrogen-bond donors (Lipinski definition) is 1. The summed E-state index contributed by atoms with van der Waals surface area (Å²) in [6.07, 6.45) is 1.80. The number of thioether (sulfide) groups is 1. The van der Waals surface area contributed by atoms with Crippen molar-refractivity contribution in [3.63, 3.8) is 0 Å². The van der Waals surface area contributed by atoms with Gasteiger partial charge in [-0.15, -0.1) is 0 Å². The number of nitrogens with one attached hydrogen (secondary N) is 1. The van der Waals surface area contributed by atoms with Crippen molar-refractivity contribution in [3.8, 4) is 6.07 Å². The molecule has 4 nitrogen and oxygen atoms in total. The minimum absolute atomic E-state index is 0.159. The largest absolute Gasteiger partial charge is 0.300 e. The minimum atomic E-state index is -0.159. The van der Waals surface area contributed by atoms with E-state index in [4.69, 9.17) is 5.26 Å². The number of rotatable bonds is 2. The molecule has 2 aromatic carbocycles. The fourth-order valence-electron chi connectivity index (χ4n) is 2.33. The van der Waals surface area contributed by atoms with Gasteiger partial charge < -0.3 is 5.32 Å². The molecule has 1 aliphatic rings. The van der Waals surface area contributed by atoms with Crippen LogP contribution < -0.4 is 5.32 Å². The van der Waals surface area contributed by atoms with E-state index in [0.29, 0.717) is 15.6 Å². The first kappa shape index (κ1) is 16.0. The van der Waals surface area contributed by atoms with E-state index in [1.807, 2.05) is 38.1 Å². The highest BCUT2D eigenvalue weighted by molar-refractivity contribution is 8.18. The van der Waals surface area contributed by atoms with Crippen LogP contribution in [0, 0.1) is 25.2 Å². The van der Waals surface area contributed by atoms with E-state index in [0.717, 1.165) is 16.8 Å². The van der Waals surface area contributed by atoms with Crippen LogP contribution in [0.3, 0.4) is 0 Å². The van der Waals surface area contributed by atoms with Crippen molar-refractivity contribution < 1.29 is 4.79 Å². The van der Waals surface area contributed by atoms with Gasteiger partial charge in [-0.1, -0.05) is 29.8 Å². The van der Waals surface area contributed by atoms with Gasteiger partial charge in [0, 0.05) is 0 Å². The first-order valence-corrected chi connectivity index (χ1v) is 8.24. The maximum atomic E-state index is 12.1. The van der Waals surface area contributed by atoms with Crippen molar-refractivity contribution >= 4 is 34.6 Å². The third kappa shape index (κ3) is 3.55. The smallest absolute Gasteiger partial charge is 0.264 e. The summed E-state index contributed by atoms with van der Waals surface area (Å²) >= 11 is 1.32. The Balaban J connectivity index is 1.83. The van der Waals surface area contributed by atoms with Gasteiger partial charge in [0.05, 0.1) is 22.2 Å². The van der Waals surface area contributed by atoms with E-state index in [9.17, 15) is 4.79 Å². The number of aliphatic imine (C=N–C) groups is 1.